The van der Waals surface area contributed by atoms with E-state index in [1.165, 1.54) is 35.0 Å². The Morgan fingerprint density at radius 3 is 2.68 bits per heavy atom. The van der Waals surface area contributed by atoms with Crippen molar-refractivity contribution in [3.63, 3.8) is 0 Å². The molecule has 0 aliphatic heterocycles. The molecule has 7 nitrogen and oxygen atoms in total. The van der Waals surface area contributed by atoms with E-state index < -0.39 is 10.0 Å². The van der Waals surface area contributed by atoms with Gasteiger partial charge in [-0.15, -0.1) is 16.4 Å². The van der Waals surface area contributed by atoms with E-state index in [0.29, 0.717) is 11.5 Å². The molecule has 3 rings (SSSR count). The van der Waals surface area contributed by atoms with Crippen LogP contribution in [-0.2, 0) is 16.6 Å². The van der Waals surface area contributed by atoms with Crippen LogP contribution in [0.2, 0.25) is 0 Å². The molecule has 1 aromatic carbocycles. The van der Waals surface area contributed by atoms with Crippen LogP contribution in [0.4, 0.5) is 4.39 Å². The second-order valence-corrected chi connectivity index (χ2v) is 7.18. The predicted molar refractivity (Wildman–Crippen MR) is 77.5 cm³/mol. The van der Waals surface area contributed by atoms with Crippen LogP contribution in [0.5, 0.6) is 0 Å². The summed E-state index contributed by atoms with van der Waals surface area (Å²) in [7, 11) is -3.60. The molecule has 0 aliphatic carbocycles. The van der Waals surface area contributed by atoms with Crippen molar-refractivity contribution in [2.24, 2.45) is 0 Å². The van der Waals surface area contributed by atoms with Crippen molar-refractivity contribution in [1.29, 1.82) is 0 Å². The number of aromatic nitrogens is 4. The van der Waals surface area contributed by atoms with E-state index >= 15 is 0 Å². The SMILES string of the molecule is O=S(=O)(NCc1nnnn1-c1ccc(F)cc1)c1cccs1. The van der Waals surface area contributed by atoms with Gasteiger partial charge in [-0.05, 0) is 46.1 Å². The summed E-state index contributed by atoms with van der Waals surface area (Å²) >= 11 is 1.12. The van der Waals surface area contributed by atoms with E-state index in [1.807, 2.05) is 0 Å². The number of hydrogen-bond donors (Lipinski definition) is 1. The summed E-state index contributed by atoms with van der Waals surface area (Å²) in [5.74, 6) is -0.0801. The van der Waals surface area contributed by atoms with E-state index in [1.54, 1.807) is 11.4 Å². The van der Waals surface area contributed by atoms with Gasteiger partial charge >= 0.3 is 0 Å². The van der Waals surface area contributed by atoms with Gasteiger partial charge in [-0.3, -0.25) is 0 Å². The number of tetrazole rings is 1. The molecule has 1 N–H and O–H groups in total. The van der Waals surface area contributed by atoms with Crippen molar-refractivity contribution in [3.05, 3.63) is 53.4 Å². The minimum atomic E-state index is -3.60. The quantitative estimate of drug-likeness (QED) is 0.758. The molecule has 0 spiro atoms. The molecule has 114 valence electrons. The van der Waals surface area contributed by atoms with Gasteiger partial charge in [0.05, 0.1) is 12.2 Å². The van der Waals surface area contributed by atoms with Gasteiger partial charge in [-0.1, -0.05) is 6.07 Å². The molecule has 0 atom stereocenters. The van der Waals surface area contributed by atoms with Gasteiger partial charge in [0.15, 0.2) is 5.82 Å². The molecule has 0 saturated carbocycles. The van der Waals surface area contributed by atoms with Crippen LogP contribution in [0, 0.1) is 5.82 Å². The van der Waals surface area contributed by atoms with Gasteiger partial charge in [0, 0.05) is 0 Å². The van der Waals surface area contributed by atoms with Crippen molar-refractivity contribution < 1.29 is 12.8 Å². The topological polar surface area (TPSA) is 89.8 Å². The second-order valence-electron chi connectivity index (χ2n) is 4.24. The van der Waals surface area contributed by atoms with Crippen molar-refractivity contribution in [2.75, 3.05) is 0 Å². The molecule has 10 heteroatoms. The molecule has 3 aromatic rings. The van der Waals surface area contributed by atoms with Gasteiger partial charge in [-0.25, -0.2) is 17.5 Å². The normalized spacial score (nSPS) is 11.7. The highest BCUT2D eigenvalue weighted by atomic mass is 32.2. The minimum absolute atomic E-state index is 0.0788. The Balaban J connectivity index is 1.80. The standard InChI is InChI=1S/C12H10FN5O2S2/c13-9-3-5-10(6-4-9)18-11(15-16-17-18)8-14-22(19,20)12-2-1-7-21-12/h1-7,14H,8H2. The highest BCUT2D eigenvalue weighted by molar-refractivity contribution is 7.91. The van der Waals surface area contributed by atoms with Crippen molar-refractivity contribution >= 4 is 21.4 Å². The van der Waals surface area contributed by atoms with Crippen LogP contribution < -0.4 is 4.72 Å². The molecule has 0 aliphatic rings. The van der Waals surface area contributed by atoms with Gasteiger partial charge in [0.2, 0.25) is 10.0 Å². The third-order valence-corrected chi connectivity index (χ3v) is 5.58. The number of hydrogen-bond acceptors (Lipinski definition) is 6. The molecule has 0 fully saturated rings. The summed E-state index contributed by atoms with van der Waals surface area (Å²) in [6.07, 6.45) is 0. The lowest BCUT2D eigenvalue weighted by atomic mass is 10.3. The third-order valence-electron chi connectivity index (χ3n) is 2.79. The van der Waals surface area contributed by atoms with Crippen molar-refractivity contribution in [2.45, 2.75) is 10.8 Å². The van der Waals surface area contributed by atoms with Gasteiger partial charge in [0.25, 0.3) is 0 Å². The van der Waals surface area contributed by atoms with Gasteiger partial charge in [-0.2, -0.15) is 4.68 Å². The number of thiophene rings is 1. The van der Waals surface area contributed by atoms with E-state index in [-0.39, 0.29) is 16.6 Å². The van der Waals surface area contributed by atoms with Gasteiger partial charge < -0.3 is 0 Å². The number of sulfonamides is 1. The lowest BCUT2D eigenvalue weighted by Crippen LogP contribution is -2.24. The zero-order chi connectivity index (χ0) is 15.6. The predicted octanol–water partition coefficient (Wildman–Crippen LogP) is 1.34. The summed E-state index contributed by atoms with van der Waals surface area (Å²) in [5, 5.41) is 12.8. The molecular weight excluding hydrogens is 329 g/mol. The highest BCUT2D eigenvalue weighted by Gasteiger charge is 2.17. The Morgan fingerprint density at radius 2 is 2.00 bits per heavy atom. The van der Waals surface area contributed by atoms with Crippen LogP contribution in [-0.4, -0.2) is 28.6 Å². The van der Waals surface area contributed by atoms with Crippen LogP contribution in [0.1, 0.15) is 5.82 Å². The Hall–Kier alpha value is -2.17. The van der Waals surface area contributed by atoms with E-state index in [4.69, 9.17) is 0 Å². The van der Waals surface area contributed by atoms with Crippen LogP contribution >= 0.6 is 11.3 Å². The molecule has 22 heavy (non-hydrogen) atoms. The van der Waals surface area contributed by atoms with E-state index in [0.717, 1.165) is 11.3 Å². The first-order valence-corrected chi connectivity index (χ1v) is 8.49. The number of nitrogens with one attached hydrogen (secondary N) is 1. The summed E-state index contributed by atoms with van der Waals surface area (Å²) in [6.45, 7) is -0.0788. The fourth-order valence-corrected chi connectivity index (χ4v) is 3.76. The maximum absolute atomic E-state index is 12.9. The molecular formula is C12H10FN5O2S2. The first-order chi connectivity index (χ1) is 10.6. The van der Waals surface area contributed by atoms with Crippen LogP contribution in [0.25, 0.3) is 5.69 Å². The van der Waals surface area contributed by atoms with Crippen molar-refractivity contribution in [3.8, 4) is 5.69 Å². The summed E-state index contributed by atoms with van der Waals surface area (Å²) < 4.78 is 41.0. The Morgan fingerprint density at radius 1 is 1.23 bits per heavy atom. The first kappa shape index (κ1) is 14.8. The molecule has 2 heterocycles. The minimum Gasteiger partial charge on any atom is -0.207 e. The summed E-state index contributed by atoms with van der Waals surface area (Å²) in [6, 6.07) is 8.72. The van der Waals surface area contributed by atoms with Crippen LogP contribution in [0.3, 0.4) is 0 Å². The summed E-state index contributed by atoms with van der Waals surface area (Å²) in [4.78, 5) is 0. The number of nitrogens with zero attached hydrogens (tertiary/aromatic N) is 4. The van der Waals surface area contributed by atoms with E-state index in [9.17, 15) is 12.8 Å². The van der Waals surface area contributed by atoms with Crippen LogP contribution in [0.15, 0.2) is 46.0 Å². The van der Waals surface area contributed by atoms with Gasteiger partial charge in [0.1, 0.15) is 10.0 Å². The fraction of sp³-hybridized carbons (Fsp3) is 0.0833. The lowest BCUT2D eigenvalue weighted by molar-refractivity contribution is 0.580. The number of halogens is 1. The Bertz CT molecular complexity index is 859. The van der Waals surface area contributed by atoms with E-state index in [2.05, 4.69) is 20.2 Å². The molecule has 2 aromatic heterocycles. The average Bonchev–Trinajstić information content (AvgIpc) is 3.18. The average molecular weight is 339 g/mol. The Labute approximate surface area is 129 Å². The smallest absolute Gasteiger partial charge is 0.207 e. The third kappa shape index (κ3) is 3.03. The van der Waals surface area contributed by atoms with Crippen molar-refractivity contribution in [1.82, 2.24) is 24.9 Å². The molecule has 0 bridgehead atoms. The maximum Gasteiger partial charge on any atom is 0.250 e. The molecule has 0 amide bonds. The molecule has 0 radical (unpaired) electrons. The Kier molecular flexibility index (Phi) is 3.96. The monoisotopic (exact) mass is 339 g/mol. The summed E-state index contributed by atoms with van der Waals surface area (Å²) in [5.41, 5.74) is 0.539. The lowest BCUT2D eigenvalue weighted by Gasteiger charge is -2.06. The first-order valence-electron chi connectivity index (χ1n) is 6.13. The molecule has 0 saturated heterocycles. The number of benzene rings is 1. The maximum atomic E-state index is 12.9. The largest absolute Gasteiger partial charge is 0.250 e. The highest BCUT2D eigenvalue weighted by Crippen LogP contribution is 2.16. The zero-order valence-corrected chi connectivity index (χ0v) is 12.7. The molecule has 0 unspecified atom stereocenters. The second kappa shape index (κ2) is 5.91. The zero-order valence-electron chi connectivity index (χ0n) is 11.0. The fourth-order valence-electron chi connectivity index (χ4n) is 1.75. The number of rotatable bonds is 5.